The normalized spacial score (nSPS) is 15.9. The first-order valence-corrected chi connectivity index (χ1v) is 10.7. The Kier molecular flexibility index (Phi) is 5.36. The van der Waals surface area contributed by atoms with E-state index in [1.165, 1.54) is 17.7 Å². The van der Waals surface area contributed by atoms with Crippen molar-refractivity contribution in [2.45, 2.75) is 44.6 Å². The topological polar surface area (TPSA) is 50.3 Å². The third-order valence-electron chi connectivity index (χ3n) is 5.74. The molecule has 2 aliphatic rings. The van der Waals surface area contributed by atoms with Gasteiger partial charge in [0.05, 0.1) is 0 Å². The van der Waals surface area contributed by atoms with Gasteiger partial charge in [-0.15, -0.1) is 13.2 Å². The lowest BCUT2D eigenvalue weighted by molar-refractivity contribution is -0.274. The van der Waals surface area contributed by atoms with Gasteiger partial charge in [-0.05, 0) is 48.1 Å². The summed E-state index contributed by atoms with van der Waals surface area (Å²) >= 11 is 0. The van der Waals surface area contributed by atoms with Crippen LogP contribution in [0.1, 0.15) is 41.3 Å². The highest BCUT2D eigenvalue weighted by Gasteiger charge is 2.32. The Bertz CT molecular complexity index is 1100. The van der Waals surface area contributed by atoms with Crippen LogP contribution >= 0.6 is 0 Å². The van der Waals surface area contributed by atoms with Gasteiger partial charge in [0.2, 0.25) is 0 Å². The molecule has 1 aliphatic carbocycles. The minimum absolute atomic E-state index is 0.171. The Morgan fingerprint density at radius 2 is 1.81 bits per heavy atom. The molecular weight excluding hydrogens is 417 g/mol. The number of rotatable bonds is 6. The molecule has 5 rings (SSSR count). The molecule has 1 N–H and O–H groups in total. The van der Waals surface area contributed by atoms with Crippen LogP contribution in [0.5, 0.6) is 5.75 Å². The molecule has 1 saturated carbocycles. The zero-order valence-electron chi connectivity index (χ0n) is 17.4. The average molecular weight is 440 g/mol. The van der Waals surface area contributed by atoms with Crippen LogP contribution in [0, 0.1) is 0 Å². The number of benzene rings is 2. The molecule has 0 radical (unpaired) electrons. The van der Waals surface area contributed by atoms with Gasteiger partial charge in [0.25, 0.3) is 0 Å². The molecule has 0 amide bonds. The smallest absolute Gasteiger partial charge is 0.406 e. The van der Waals surface area contributed by atoms with Gasteiger partial charge in [-0.25, -0.2) is 9.97 Å². The van der Waals surface area contributed by atoms with Crippen LogP contribution < -0.4 is 15.0 Å². The summed E-state index contributed by atoms with van der Waals surface area (Å²) < 4.78 is 41.6. The second-order valence-electron chi connectivity index (χ2n) is 8.23. The number of fused-ring (bicyclic) bond motifs is 1. The molecule has 2 heterocycles. The monoisotopic (exact) mass is 440 g/mol. The van der Waals surface area contributed by atoms with E-state index >= 15 is 0 Å². The molecule has 3 aromatic rings. The number of aromatic nitrogens is 2. The fraction of sp³-hybridized carbons (Fsp3) is 0.333. The zero-order valence-corrected chi connectivity index (χ0v) is 17.4. The van der Waals surface area contributed by atoms with Crippen molar-refractivity contribution < 1.29 is 17.9 Å². The summed E-state index contributed by atoms with van der Waals surface area (Å²) in [5.41, 5.74) is 3.03. The standard InChI is InChI=1S/C24H23F3N4O/c25-24(26,27)32-20-9-8-19-15-31(11-10-18(19)12-20)22-13-21(29-23(30-22)17-6-7-17)28-14-16-4-2-1-3-5-16/h1-5,8-9,12-13,17H,6-7,10-11,14-15H2,(H,28,29,30). The van der Waals surface area contributed by atoms with E-state index in [9.17, 15) is 13.2 Å². The zero-order chi connectivity index (χ0) is 22.1. The van der Waals surface area contributed by atoms with Crippen LogP contribution in [0.4, 0.5) is 24.8 Å². The van der Waals surface area contributed by atoms with E-state index in [0.29, 0.717) is 32.0 Å². The molecule has 1 aliphatic heterocycles. The lowest BCUT2D eigenvalue weighted by Gasteiger charge is -2.30. The Labute approximate surface area is 184 Å². The molecule has 0 spiro atoms. The maximum Gasteiger partial charge on any atom is 0.573 e. The quantitative estimate of drug-likeness (QED) is 0.554. The summed E-state index contributed by atoms with van der Waals surface area (Å²) in [5.74, 6) is 2.73. The predicted octanol–water partition coefficient (Wildman–Crippen LogP) is 5.43. The maximum atomic E-state index is 12.5. The Morgan fingerprint density at radius 1 is 1.00 bits per heavy atom. The van der Waals surface area contributed by atoms with E-state index < -0.39 is 6.36 Å². The van der Waals surface area contributed by atoms with E-state index in [4.69, 9.17) is 9.97 Å². The Balaban J connectivity index is 1.34. The van der Waals surface area contributed by atoms with Crippen molar-refractivity contribution >= 4 is 11.6 Å². The van der Waals surface area contributed by atoms with E-state index in [2.05, 4.69) is 27.1 Å². The summed E-state index contributed by atoms with van der Waals surface area (Å²) in [6, 6.07) is 16.7. The minimum atomic E-state index is -4.68. The number of ether oxygens (including phenoxy) is 1. The lowest BCUT2D eigenvalue weighted by Crippen LogP contribution is -2.31. The van der Waals surface area contributed by atoms with Gasteiger partial charge in [-0.3, -0.25) is 0 Å². The summed E-state index contributed by atoms with van der Waals surface area (Å²) in [6.07, 6.45) is -1.85. The summed E-state index contributed by atoms with van der Waals surface area (Å²) in [4.78, 5) is 11.7. The lowest BCUT2D eigenvalue weighted by atomic mass is 9.99. The molecule has 0 atom stereocenters. The largest absolute Gasteiger partial charge is 0.573 e. The van der Waals surface area contributed by atoms with Crippen molar-refractivity contribution in [3.63, 3.8) is 0 Å². The van der Waals surface area contributed by atoms with Crippen molar-refractivity contribution in [2.24, 2.45) is 0 Å². The van der Waals surface area contributed by atoms with Crippen molar-refractivity contribution in [3.05, 3.63) is 77.1 Å². The fourth-order valence-corrected chi connectivity index (χ4v) is 3.94. The van der Waals surface area contributed by atoms with Gasteiger partial charge in [0, 0.05) is 31.6 Å². The molecule has 5 nitrogen and oxygen atoms in total. The first-order chi connectivity index (χ1) is 15.4. The van der Waals surface area contributed by atoms with E-state index in [1.807, 2.05) is 24.3 Å². The van der Waals surface area contributed by atoms with Crippen molar-refractivity contribution in [2.75, 3.05) is 16.8 Å². The van der Waals surface area contributed by atoms with Crippen LogP contribution in [-0.2, 0) is 19.5 Å². The Morgan fingerprint density at radius 3 is 2.56 bits per heavy atom. The predicted molar refractivity (Wildman–Crippen MR) is 116 cm³/mol. The number of nitrogens with one attached hydrogen (secondary N) is 1. The van der Waals surface area contributed by atoms with Crippen LogP contribution in [0.25, 0.3) is 0 Å². The highest BCUT2D eigenvalue weighted by molar-refractivity contribution is 5.53. The maximum absolute atomic E-state index is 12.5. The van der Waals surface area contributed by atoms with Gasteiger partial charge in [0.1, 0.15) is 23.2 Å². The van der Waals surface area contributed by atoms with Crippen LogP contribution in [0.3, 0.4) is 0 Å². The highest BCUT2D eigenvalue weighted by atomic mass is 19.4. The SMILES string of the molecule is FC(F)(F)Oc1ccc2c(c1)CCN(c1cc(NCc3ccccc3)nc(C3CC3)n1)C2. The van der Waals surface area contributed by atoms with E-state index in [1.54, 1.807) is 6.07 Å². The molecule has 1 fully saturated rings. The Hall–Kier alpha value is -3.29. The molecule has 32 heavy (non-hydrogen) atoms. The molecular formula is C24H23F3N4O. The second-order valence-corrected chi connectivity index (χ2v) is 8.23. The molecule has 0 saturated heterocycles. The van der Waals surface area contributed by atoms with Crippen molar-refractivity contribution in [1.29, 1.82) is 0 Å². The van der Waals surface area contributed by atoms with Crippen LogP contribution in [-0.4, -0.2) is 22.9 Å². The minimum Gasteiger partial charge on any atom is -0.406 e. The number of hydrogen-bond donors (Lipinski definition) is 1. The first-order valence-electron chi connectivity index (χ1n) is 10.7. The van der Waals surface area contributed by atoms with Gasteiger partial charge in [0.15, 0.2) is 0 Å². The number of alkyl halides is 3. The van der Waals surface area contributed by atoms with E-state index in [0.717, 1.165) is 41.4 Å². The number of halogens is 3. The van der Waals surface area contributed by atoms with Crippen molar-refractivity contribution in [3.8, 4) is 5.75 Å². The van der Waals surface area contributed by atoms with Crippen molar-refractivity contribution in [1.82, 2.24) is 9.97 Å². The molecule has 0 unspecified atom stereocenters. The molecule has 8 heteroatoms. The number of hydrogen-bond acceptors (Lipinski definition) is 5. The van der Waals surface area contributed by atoms with Gasteiger partial charge in [-0.2, -0.15) is 0 Å². The third kappa shape index (κ3) is 4.95. The summed E-state index contributed by atoms with van der Waals surface area (Å²) in [5, 5.41) is 3.41. The molecule has 166 valence electrons. The number of nitrogens with zero attached hydrogens (tertiary/aromatic N) is 3. The molecule has 2 aromatic carbocycles. The summed E-state index contributed by atoms with van der Waals surface area (Å²) in [6.45, 7) is 1.93. The van der Waals surface area contributed by atoms with E-state index in [-0.39, 0.29) is 5.75 Å². The van der Waals surface area contributed by atoms with Gasteiger partial charge in [-0.1, -0.05) is 36.4 Å². The fourth-order valence-electron chi connectivity index (χ4n) is 3.94. The van der Waals surface area contributed by atoms with Crippen LogP contribution in [0.2, 0.25) is 0 Å². The summed E-state index contributed by atoms with van der Waals surface area (Å²) in [7, 11) is 0. The molecule has 1 aromatic heterocycles. The molecule has 0 bridgehead atoms. The number of anilines is 2. The van der Waals surface area contributed by atoms with Crippen LogP contribution in [0.15, 0.2) is 54.6 Å². The highest BCUT2D eigenvalue weighted by Crippen LogP contribution is 2.39. The first kappa shape index (κ1) is 20.6. The average Bonchev–Trinajstić information content (AvgIpc) is 3.62. The van der Waals surface area contributed by atoms with Gasteiger partial charge >= 0.3 is 6.36 Å². The second kappa shape index (κ2) is 8.33. The third-order valence-corrected chi connectivity index (χ3v) is 5.74. The van der Waals surface area contributed by atoms with Gasteiger partial charge < -0.3 is 15.0 Å².